The Bertz CT molecular complexity index is 3170. The Hall–Kier alpha value is -8.04. The molecule has 1 aliphatic heterocycles. The third kappa shape index (κ3) is 14.2. The van der Waals surface area contributed by atoms with Crippen LogP contribution in [0.15, 0.2) is 218 Å². The van der Waals surface area contributed by atoms with Gasteiger partial charge >= 0.3 is 23.9 Å². The summed E-state index contributed by atoms with van der Waals surface area (Å²) in [6.07, 6.45) is -6.63. The van der Waals surface area contributed by atoms with E-state index in [1.165, 1.54) is 0 Å². The summed E-state index contributed by atoms with van der Waals surface area (Å²) in [5, 5.41) is 9.31. The average molecular weight is 1100 g/mol. The number of hydrogen-bond acceptors (Lipinski definition) is 11. The molecule has 1 heterocycles. The molecule has 0 saturated carbocycles. The zero-order chi connectivity index (χ0) is 53.4. The molecule has 1 saturated heterocycles. The summed E-state index contributed by atoms with van der Waals surface area (Å²) in [6.45, 7) is -0.537. The number of benzene rings is 8. The first kappa shape index (κ1) is 54.2. The van der Waals surface area contributed by atoms with Crippen molar-refractivity contribution in [3.8, 4) is 44.5 Å². The molecule has 0 radical (unpaired) electrons. The SMILES string of the molecule is O=C(OC[C@H]1SC(O)[C@@H](F)[C@@H]1OC(=O)c1ccc(-c2ccccc2)cc1)c1ccc(-c2ccccc2)cc1.O=C[C@@H](F)[C@H](OC(=O)c1ccc(-c2ccccc2)cc1)[C@@H](Br)COC(=O)c1ccc(-c2ccccc2)cc1. The number of ether oxygens (including phenoxy) is 4. The topological polar surface area (TPSA) is 143 Å². The van der Waals surface area contributed by atoms with Crippen LogP contribution in [0.25, 0.3) is 44.5 Å². The van der Waals surface area contributed by atoms with Gasteiger partial charge in [0.1, 0.15) is 18.6 Å². The number of carbonyl (C=O) groups excluding carboxylic acids is 5. The molecule has 9 rings (SSSR count). The fraction of sp³-hybridized carbons (Fsp3) is 0.145. The maximum Gasteiger partial charge on any atom is 0.338 e. The van der Waals surface area contributed by atoms with E-state index in [1.807, 2.05) is 133 Å². The van der Waals surface area contributed by atoms with Crippen molar-refractivity contribution in [3.05, 3.63) is 241 Å². The van der Waals surface area contributed by atoms with Crippen LogP contribution in [0.1, 0.15) is 41.4 Å². The Balaban J connectivity index is 0.000000201. The van der Waals surface area contributed by atoms with Gasteiger partial charge in [0.15, 0.2) is 30.8 Å². The lowest BCUT2D eigenvalue weighted by Gasteiger charge is -2.23. The fourth-order valence-electron chi connectivity index (χ4n) is 8.07. The van der Waals surface area contributed by atoms with E-state index in [9.17, 15) is 37.9 Å². The number of esters is 4. The van der Waals surface area contributed by atoms with E-state index in [0.717, 1.165) is 56.3 Å². The molecule has 1 aliphatic rings. The summed E-state index contributed by atoms with van der Waals surface area (Å²) in [5.74, 6) is -2.72. The predicted octanol–water partition coefficient (Wildman–Crippen LogP) is 12.9. The number of hydrogen-bond donors (Lipinski definition) is 1. The summed E-state index contributed by atoms with van der Waals surface area (Å²) in [6, 6.07) is 66.0. The van der Waals surface area contributed by atoms with E-state index < -0.39 is 63.9 Å². The van der Waals surface area contributed by atoms with Crippen LogP contribution in [0.4, 0.5) is 8.78 Å². The van der Waals surface area contributed by atoms with Crippen molar-refractivity contribution in [2.75, 3.05) is 13.2 Å². The first-order chi connectivity index (χ1) is 36.9. The van der Waals surface area contributed by atoms with Crippen LogP contribution in [-0.4, -0.2) is 88.5 Å². The van der Waals surface area contributed by atoms with Crippen LogP contribution < -0.4 is 0 Å². The van der Waals surface area contributed by atoms with Gasteiger partial charge in [-0.15, -0.1) is 11.8 Å². The van der Waals surface area contributed by atoms with Crippen LogP contribution in [0.2, 0.25) is 0 Å². The van der Waals surface area contributed by atoms with Gasteiger partial charge in [-0.05, 0) is 93.0 Å². The highest BCUT2D eigenvalue weighted by Crippen LogP contribution is 2.38. The molecule has 10 nitrogen and oxygen atoms in total. The zero-order valence-electron chi connectivity index (χ0n) is 40.5. The van der Waals surface area contributed by atoms with Gasteiger partial charge in [0.25, 0.3) is 0 Å². The number of thioether (sulfide) groups is 1. The molecule has 0 aromatic heterocycles. The number of rotatable bonds is 17. The number of carbonyl (C=O) groups is 5. The molecule has 8 aromatic carbocycles. The van der Waals surface area contributed by atoms with Crippen LogP contribution >= 0.6 is 27.7 Å². The Morgan fingerprint density at radius 3 is 1.20 bits per heavy atom. The van der Waals surface area contributed by atoms with Gasteiger partial charge in [0.2, 0.25) is 0 Å². The monoisotopic (exact) mass is 1100 g/mol. The van der Waals surface area contributed by atoms with Gasteiger partial charge in [-0.3, -0.25) is 4.79 Å². The molecule has 76 heavy (non-hydrogen) atoms. The third-order valence-electron chi connectivity index (χ3n) is 12.2. The minimum Gasteiger partial charge on any atom is -0.461 e. The molecule has 8 aromatic rings. The lowest BCUT2D eigenvalue weighted by molar-refractivity contribution is -0.115. The van der Waals surface area contributed by atoms with E-state index in [0.29, 0.717) is 11.1 Å². The van der Waals surface area contributed by atoms with E-state index in [4.69, 9.17) is 18.9 Å². The molecule has 0 amide bonds. The van der Waals surface area contributed by atoms with E-state index in [2.05, 4.69) is 15.9 Å². The Labute approximate surface area is 450 Å². The van der Waals surface area contributed by atoms with Crippen LogP contribution in [-0.2, 0) is 23.7 Å². The van der Waals surface area contributed by atoms with Gasteiger partial charge in [0, 0.05) is 0 Å². The second kappa shape index (κ2) is 26.4. The van der Waals surface area contributed by atoms with Gasteiger partial charge in [-0.2, -0.15) is 0 Å². The maximum atomic E-state index is 14.8. The van der Waals surface area contributed by atoms with Gasteiger partial charge in [-0.1, -0.05) is 186 Å². The summed E-state index contributed by atoms with van der Waals surface area (Å²) < 4.78 is 50.7. The minimum absolute atomic E-state index is 0.0504. The Kier molecular flexibility index (Phi) is 18.9. The molecule has 1 N–H and O–H groups in total. The summed E-state index contributed by atoms with van der Waals surface area (Å²) in [7, 11) is 0. The molecular weight excluding hydrogens is 1050 g/mol. The maximum absolute atomic E-state index is 14.8. The number of aliphatic hydroxyl groups excluding tert-OH is 1. The van der Waals surface area contributed by atoms with Crippen molar-refractivity contribution < 1.29 is 56.8 Å². The molecule has 384 valence electrons. The van der Waals surface area contributed by atoms with E-state index in [1.54, 1.807) is 84.9 Å². The number of alkyl halides is 3. The Morgan fingerprint density at radius 1 is 0.500 bits per heavy atom. The smallest absolute Gasteiger partial charge is 0.338 e. The standard InChI is InChI=1S/C31H24BrFO5.C31H25FO5S/c32-27(20-37-30(35)25-15-11-23(12-16-25)21-7-3-1-4-8-21)29(28(33)19-34)38-31(36)26-17-13-24(14-18-26)22-9-5-2-6-10-22;32-27-28(37-30(34)25-17-13-23(14-18-25)21-9-5-2-6-10-21)26(38-31(27)35)19-36-29(33)24-15-11-22(12-16-24)20-7-3-1-4-8-20/h1-19,27-29H,20H2;1-18,26-28,31,35H,19H2/t27-,28+,29+;26-,27+,28-,31?/m01/s1. The van der Waals surface area contributed by atoms with Crippen molar-refractivity contribution in [2.45, 2.75) is 40.1 Å². The van der Waals surface area contributed by atoms with Crippen molar-refractivity contribution in [1.82, 2.24) is 0 Å². The van der Waals surface area contributed by atoms with Crippen LogP contribution in [0.5, 0.6) is 0 Å². The minimum atomic E-state index is -2.12. The molecule has 0 aliphatic carbocycles. The molecule has 0 bridgehead atoms. The van der Waals surface area contributed by atoms with Crippen LogP contribution in [0.3, 0.4) is 0 Å². The number of halogens is 3. The highest BCUT2D eigenvalue weighted by Gasteiger charge is 2.47. The highest BCUT2D eigenvalue weighted by atomic mass is 79.9. The largest absolute Gasteiger partial charge is 0.461 e. The van der Waals surface area contributed by atoms with E-state index >= 15 is 0 Å². The summed E-state index contributed by atoms with van der Waals surface area (Å²) in [5.41, 5.74) is 7.47. The molecule has 7 atom stereocenters. The van der Waals surface area contributed by atoms with Crippen molar-refractivity contribution >= 4 is 57.9 Å². The first-order valence-corrected chi connectivity index (χ1v) is 25.9. The molecule has 1 fully saturated rings. The summed E-state index contributed by atoms with van der Waals surface area (Å²) >= 11 is 4.10. The molecule has 0 spiro atoms. The lowest BCUT2D eigenvalue weighted by atomic mass is 10.0. The van der Waals surface area contributed by atoms with Crippen molar-refractivity contribution in [1.29, 1.82) is 0 Å². The fourth-order valence-corrected chi connectivity index (χ4v) is 9.77. The second-order valence-corrected chi connectivity index (χ2v) is 19.9. The quantitative estimate of drug-likeness (QED) is 0.0403. The molecule has 14 heteroatoms. The van der Waals surface area contributed by atoms with E-state index in [-0.39, 0.29) is 30.6 Å². The average Bonchev–Trinajstić information content (AvgIpc) is 3.75. The number of aldehydes is 1. The highest BCUT2D eigenvalue weighted by molar-refractivity contribution is 9.09. The third-order valence-corrected chi connectivity index (χ3v) is 14.3. The van der Waals surface area contributed by atoms with Gasteiger partial charge in [-0.25, -0.2) is 28.0 Å². The summed E-state index contributed by atoms with van der Waals surface area (Å²) in [4.78, 5) is 60.9. The number of aliphatic hydroxyl groups is 1. The van der Waals surface area contributed by atoms with Crippen molar-refractivity contribution in [3.63, 3.8) is 0 Å². The molecular formula is C62H49BrF2O10S. The second-order valence-electron chi connectivity index (χ2n) is 17.3. The van der Waals surface area contributed by atoms with Gasteiger partial charge in [0.05, 0.1) is 32.3 Å². The zero-order valence-corrected chi connectivity index (χ0v) is 42.9. The first-order valence-electron chi connectivity index (χ1n) is 24.0. The van der Waals surface area contributed by atoms with Crippen molar-refractivity contribution in [2.24, 2.45) is 0 Å². The predicted molar refractivity (Wildman–Crippen MR) is 292 cm³/mol. The lowest BCUT2D eigenvalue weighted by Crippen LogP contribution is -2.39. The Morgan fingerprint density at radius 2 is 0.829 bits per heavy atom. The normalized spacial score (nSPS) is 16.8. The van der Waals surface area contributed by atoms with Gasteiger partial charge < -0.3 is 24.1 Å². The van der Waals surface area contributed by atoms with Crippen LogP contribution in [0, 0.1) is 0 Å². The molecule has 1 unspecified atom stereocenters.